The van der Waals surface area contributed by atoms with Crippen LogP contribution in [0.1, 0.15) is 30.1 Å². The van der Waals surface area contributed by atoms with E-state index in [-0.39, 0.29) is 17.8 Å². The zero-order valence-corrected chi connectivity index (χ0v) is 19.8. The van der Waals surface area contributed by atoms with Gasteiger partial charge in [0, 0.05) is 18.7 Å². The van der Waals surface area contributed by atoms with Crippen LogP contribution >= 0.6 is 11.3 Å². The molecule has 1 saturated heterocycles. The molecule has 1 aromatic carbocycles. The molecule has 1 N–H and O–H groups in total. The lowest BCUT2D eigenvalue weighted by Crippen LogP contribution is -2.32. The third-order valence-electron chi connectivity index (χ3n) is 6.10. The first kappa shape index (κ1) is 21.5. The van der Waals surface area contributed by atoms with Crippen LogP contribution in [0.25, 0.3) is 33.3 Å². The number of nitrogens with zero attached hydrogens (tertiary/aromatic N) is 5. The number of fused-ring (bicyclic) bond motifs is 1. The minimum Gasteiger partial charge on any atom is -0.459 e. The molecule has 5 heterocycles. The van der Waals surface area contributed by atoms with Crippen molar-refractivity contribution in [2.24, 2.45) is 5.92 Å². The van der Waals surface area contributed by atoms with E-state index in [4.69, 9.17) is 18.8 Å². The van der Waals surface area contributed by atoms with Crippen molar-refractivity contribution in [3.05, 3.63) is 60.4 Å². The Morgan fingerprint density at radius 1 is 1.09 bits per heavy atom. The molecule has 35 heavy (non-hydrogen) atoms. The van der Waals surface area contributed by atoms with Gasteiger partial charge in [-0.05, 0) is 37.0 Å². The highest BCUT2D eigenvalue weighted by Crippen LogP contribution is 2.35. The summed E-state index contributed by atoms with van der Waals surface area (Å²) in [5.74, 6) is 0.963. The molecule has 176 valence electrons. The molecule has 5 aromatic rings. The van der Waals surface area contributed by atoms with E-state index in [1.165, 1.54) is 17.6 Å². The van der Waals surface area contributed by atoms with Crippen LogP contribution in [0.4, 0.5) is 11.1 Å². The van der Waals surface area contributed by atoms with E-state index in [9.17, 15) is 4.79 Å². The topological polar surface area (TPSA) is 110 Å². The van der Waals surface area contributed by atoms with E-state index < -0.39 is 0 Å². The molecule has 0 aliphatic carbocycles. The average Bonchev–Trinajstić information content (AvgIpc) is 3.65. The Morgan fingerprint density at radius 3 is 2.69 bits per heavy atom. The summed E-state index contributed by atoms with van der Waals surface area (Å²) in [7, 11) is 0. The molecule has 1 aliphatic rings. The fourth-order valence-electron chi connectivity index (χ4n) is 4.10. The van der Waals surface area contributed by atoms with Crippen molar-refractivity contribution < 1.29 is 13.6 Å². The predicted molar refractivity (Wildman–Crippen MR) is 133 cm³/mol. The monoisotopic (exact) mass is 486 g/mol. The standard InChI is InChI=1S/C25H22N6O3S/c1-15-9-11-31(12-10-15)25-27-21-20(35-25)17(14-18(26-21)16-6-3-2-4-7-16)22(32)28-24-30-29-23(34-24)19-8-5-13-33-19/h2-8,13-15H,9-12H2,1H3,(H,28,30,32). The number of carbonyl (C=O) groups excluding carboxylic acids is 1. The molecule has 0 unspecified atom stereocenters. The Hall–Kier alpha value is -4.05. The van der Waals surface area contributed by atoms with E-state index in [1.807, 2.05) is 30.3 Å². The minimum absolute atomic E-state index is 0.0117. The molecular weight excluding hydrogens is 464 g/mol. The first-order valence-electron chi connectivity index (χ1n) is 11.4. The fourth-order valence-corrected chi connectivity index (χ4v) is 5.17. The Balaban J connectivity index is 1.37. The number of carbonyl (C=O) groups is 1. The number of rotatable bonds is 5. The number of hydrogen-bond donors (Lipinski definition) is 1. The van der Waals surface area contributed by atoms with Gasteiger partial charge in [0.15, 0.2) is 16.5 Å². The highest BCUT2D eigenvalue weighted by atomic mass is 32.1. The van der Waals surface area contributed by atoms with Gasteiger partial charge in [-0.25, -0.2) is 4.98 Å². The van der Waals surface area contributed by atoms with Gasteiger partial charge < -0.3 is 13.7 Å². The number of pyridine rings is 1. The largest absolute Gasteiger partial charge is 0.459 e. The van der Waals surface area contributed by atoms with Crippen LogP contribution < -0.4 is 10.2 Å². The lowest BCUT2D eigenvalue weighted by molar-refractivity contribution is 0.102. The van der Waals surface area contributed by atoms with Gasteiger partial charge >= 0.3 is 6.01 Å². The number of nitrogens with one attached hydrogen (secondary N) is 1. The second-order valence-corrected chi connectivity index (χ2v) is 9.56. The number of benzene rings is 1. The van der Waals surface area contributed by atoms with Gasteiger partial charge in [-0.1, -0.05) is 53.7 Å². The number of hydrogen-bond acceptors (Lipinski definition) is 9. The second-order valence-electron chi connectivity index (χ2n) is 8.58. The van der Waals surface area contributed by atoms with Crippen molar-refractivity contribution in [2.75, 3.05) is 23.3 Å². The summed E-state index contributed by atoms with van der Waals surface area (Å²) >= 11 is 1.49. The first-order chi connectivity index (χ1) is 17.1. The van der Waals surface area contributed by atoms with E-state index in [0.29, 0.717) is 28.6 Å². The molecule has 4 aromatic heterocycles. The molecule has 1 aliphatic heterocycles. The summed E-state index contributed by atoms with van der Waals surface area (Å²) in [4.78, 5) is 25.3. The molecule has 10 heteroatoms. The summed E-state index contributed by atoms with van der Waals surface area (Å²) in [6, 6.07) is 15.0. The van der Waals surface area contributed by atoms with E-state index in [1.54, 1.807) is 18.2 Å². The molecule has 0 atom stereocenters. The normalized spacial score (nSPS) is 14.5. The van der Waals surface area contributed by atoms with E-state index in [2.05, 4.69) is 27.3 Å². The van der Waals surface area contributed by atoms with Crippen LogP contribution in [0.2, 0.25) is 0 Å². The highest BCUT2D eigenvalue weighted by Gasteiger charge is 2.24. The summed E-state index contributed by atoms with van der Waals surface area (Å²) < 4.78 is 11.6. The quantitative estimate of drug-likeness (QED) is 0.347. The SMILES string of the molecule is CC1CCN(c2nc3nc(-c4ccccc4)cc(C(=O)Nc4nnc(-c5ccco5)o4)c3s2)CC1. The van der Waals surface area contributed by atoms with Gasteiger partial charge in [-0.2, -0.15) is 4.98 Å². The molecule has 0 spiro atoms. The third kappa shape index (κ3) is 4.28. The molecule has 1 amide bonds. The molecule has 0 saturated carbocycles. The second kappa shape index (κ2) is 8.95. The molecule has 1 fully saturated rings. The minimum atomic E-state index is -0.369. The zero-order valence-electron chi connectivity index (χ0n) is 19.0. The summed E-state index contributed by atoms with van der Waals surface area (Å²) in [6.45, 7) is 4.18. The first-order valence-corrected chi connectivity index (χ1v) is 12.3. The maximum atomic E-state index is 13.4. The van der Waals surface area contributed by atoms with Gasteiger partial charge in [0.1, 0.15) is 0 Å². The van der Waals surface area contributed by atoms with Crippen molar-refractivity contribution in [3.8, 4) is 22.9 Å². The third-order valence-corrected chi connectivity index (χ3v) is 7.23. The maximum absolute atomic E-state index is 13.4. The lowest BCUT2D eigenvalue weighted by atomic mass is 10.00. The van der Waals surface area contributed by atoms with Gasteiger partial charge in [-0.15, -0.1) is 5.10 Å². The maximum Gasteiger partial charge on any atom is 0.322 e. The van der Waals surface area contributed by atoms with Crippen LogP contribution in [0.3, 0.4) is 0 Å². The van der Waals surface area contributed by atoms with Crippen LogP contribution in [-0.4, -0.2) is 39.2 Å². The molecule has 6 rings (SSSR count). The fraction of sp³-hybridized carbons (Fsp3) is 0.240. The summed E-state index contributed by atoms with van der Waals surface area (Å²) in [5, 5.41) is 11.5. The van der Waals surface area contributed by atoms with Crippen molar-refractivity contribution in [1.29, 1.82) is 0 Å². The van der Waals surface area contributed by atoms with E-state index in [0.717, 1.165) is 41.3 Å². The predicted octanol–water partition coefficient (Wildman–Crippen LogP) is 5.49. The van der Waals surface area contributed by atoms with Crippen molar-refractivity contribution in [2.45, 2.75) is 19.8 Å². The zero-order chi connectivity index (χ0) is 23.8. The van der Waals surface area contributed by atoms with Crippen LogP contribution in [0, 0.1) is 5.92 Å². The highest BCUT2D eigenvalue weighted by molar-refractivity contribution is 7.22. The van der Waals surface area contributed by atoms with Gasteiger partial charge in [0.25, 0.3) is 11.8 Å². The Bertz CT molecular complexity index is 1470. The van der Waals surface area contributed by atoms with Gasteiger partial charge in [-0.3, -0.25) is 10.1 Å². The number of aromatic nitrogens is 4. The molecular formula is C25H22N6O3S. The lowest BCUT2D eigenvalue weighted by Gasteiger charge is -2.29. The molecule has 9 nitrogen and oxygen atoms in total. The molecule has 0 radical (unpaired) electrons. The Labute approximate surface area is 204 Å². The summed E-state index contributed by atoms with van der Waals surface area (Å²) in [5.41, 5.74) is 2.59. The Kier molecular flexibility index (Phi) is 5.49. The van der Waals surface area contributed by atoms with Crippen molar-refractivity contribution in [3.63, 3.8) is 0 Å². The van der Waals surface area contributed by atoms with Crippen molar-refractivity contribution >= 4 is 38.7 Å². The van der Waals surface area contributed by atoms with Gasteiger partial charge in [0.05, 0.1) is 22.2 Å². The van der Waals surface area contributed by atoms with Crippen LogP contribution in [0.5, 0.6) is 0 Å². The summed E-state index contributed by atoms with van der Waals surface area (Å²) in [6.07, 6.45) is 3.77. The Morgan fingerprint density at radius 2 is 1.91 bits per heavy atom. The van der Waals surface area contributed by atoms with Crippen molar-refractivity contribution in [1.82, 2.24) is 20.2 Å². The number of piperidine rings is 1. The number of furan rings is 1. The van der Waals surface area contributed by atoms with Gasteiger partial charge in [0.2, 0.25) is 0 Å². The van der Waals surface area contributed by atoms with E-state index >= 15 is 0 Å². The number of anilines is 2. The average molecular weight is 487 g/mol. The van der Waals surface area contributed by atoms with Crippen LogP contribution in [-0.2, 0) is 0 Å². The molecule has 0 bridgehead atoms. The smallest absolute Gasteiger partial charge is 0.322 e. The number of amides is 1. The van der Waals surface area contributed by atoms with Crippen LogP contribution in [0.15, 0.2) is 63.6 Å². The number of thiazole rings is 1.